The van der Waals surface area contributed by atoms with Crippen LogP contribution in [0.15, 0.2) is 22.7 Å². The highest BCUT2D eigenvalue weighted by Crippen LogP contribution is 2.17. The first-order valence-corrected chi connectivity index (χ1v) is 6.55. The summed E-state index contributed by atoms with van der Waals surface area (Å²) in [5.74, 6) is -2.10. The number of methoxy groups -OCH3 is 1. The molecule has 1 aromatic carbocycles. The molecule has 0 bridgehead atoms. The molecule has 0 aliphatic heterocycles. The van der Waals surface area contributed by atoms with E-state index in [1.165, 1.54) is 32.2 Å². The highest BCUT2D eigenvalue weighted by Gasteiger charge is 2.34. The van der Waals surface area contributed by atoms with Crippen LogP contribution in [0.2, 0.25) is 0 Å². The standard InChI is InChI=1S/C13H15BrFNO4/c1-13(7-20-2,12(18)19)16-11(17)6-8-3-4-10(15)9(14)5-8/h3-5H,6-7H2,1-2H3,(H,16,17)(H,18,19)/t13-/m0/s1. The number of benzene rings is 1. The molecule has 0 fully saturated rings. The fourth-order valence-electron chi connectivity index (χ4n) is 1.63. The molecule has 0 heterocycles. The fourth-order valence-corrected chi connectivity index (χ4v) is 2.05. The van der Waals surface area contributed by atoms with Gasteiger partial charge in [0.1, 0.15) is 5.82 Å². The summed E-state index contributed by atoms with van der Waals surface area (Å²) in [5.41, 5.74) is -0.927. The SMILES string of the molecule is COC[C@](C)(NC(=O)Cc1ccc(F)c(Br)c1)C(=O)O. The molecule has 20 heavy (non-hydrogen) atoms. The Kier molecular flexibility index (Phi) is 5.64. The lowest BCUT2D eigenvalue weighted by Gasteiger charge is -2.25. The van der Waals surface area contributed by atoms with Gasteiger partial charge in [0.15, 0.2) is 5.54 Å². The second-order valence-corrected chi connectivity index (χ2v) is 5.40. The maximum absolute atomic E-state index is 13.1. The Morgan fingerprint density at radius 3 is 2.65 bits per heavy atom. The van der Waals surface area contributed by atoms with Crippen molar-refractivity contribution in [2.45, 2.75) is 18.9 Å². The molecular weight excluding hydrogens is 333 g/mol. The van der Waals surface area contributed by atoms with Crippen molar-refractivity contribution < 1.29 is 23.8 Å². The van der Waals surface area contributed by atoms with Gasteiger partial charge in [0.05, 0.1) is 17.5 Å². The van der Waals surface area contributed by atoms with E-state index < -0.39 is 23.2 Å². The van der Waals surface area contributed by atoms with Crippen LogP contribution in [0, 0.1) is 5.82 Å². The predicted octanol–water partition coefficient (Wildman–Crippen LogP) is 1.74. The first kappa shape index (κ1) is 16.6. The van der Waals surface area contributed by atoms with Gasteiger partial charge in [-0.2, -0.15) is 0 Å². The number of nitrogens with one attached hydrogen (secondary N) is 1. The number of hydrogen-bond acceptors (Lipinski definition) is 3. The van der Waals surface area contributed by atoms with Crippen LogP contribution < -0.4 is 5.32 Å². The lowest BCUT2D eigenvalue weighted by atomic mass is 10.0. The van der Waals surface area contributed by atoms with Gasteiger partial charge >= 0.3 is 5.97 Å². The normalized spacial score (nSPS) is 13.6. The van der Waals surface area contributed by atoms with Crippen molar-refractivity contribution in [1.82, 2.24) is 5.32 Å². The van der Waals surface area contributed by atoms with Crippen LogP contribution in [0.5, 0.6) is 0 Å². The Labute approximate surface area is 124 Å². The Bertz CT molecular complexity index is 523. The van der Waals surface area contributed by atoms with Gasteiger partial charge in [-0.3, -0.25) is 4.79 Å². The van der Waals surface area contributed by atoms with E-state index >= 15 is 0 Å². The first-order chi connectivity index (χ1) is 9.28. The number of aliphatic carboxylic acids is 1. The van der Waals surface area contributed by atoms with Crippen molar-refractivity contribution in [1.29, 1.82) is 0 Å². The van der Waals surface area contributed by atoms with Gasteiger partial charge < -0.3 is 15.2 Å². The molecule has 0 saturated carbocycles. The minimum Gasteiger partial charge on any atom is -0.479 e. The van der Waals surface area contributed by atoms with Crippen molar-refractivity contribution in [3.05, 3.63) is 34.1 Å². The van der Waals surface area contributed by atoms with Crippen molar-refractivity contribution in [2.24, 2.45) is 0 Å². The Balaban J connectivity index is 2.75. The minimum absolute atomic E-state index is 0.0501. The lowest BCUT2D eigenvalue weighted by Crippen LogP contribution is -2.55. The Morgan fingerprint density at radius 1 is 1.50 bits per heavy atom. The average molecular weight is 348 g/mol. The molecule has 1 amide bonds. The number of carbonyl (C=O) groups excluding carboxylic acids is 1. The first-order valence-electron chi connectivity index (χ1n) is 5.76. The van der Waals surface area contributed by atoms with Crippen LogP contribution >= 0.6 is 15.9 Å². The summed E-state index contributed by atoms with van der Waals surface area (Å²) in [6.07, 6.45) is -0.0501. The maximum Gasteiger partial charge on any atom is 0.331 e. The number of hydrogen-bond donors (Lipinski definition) is 2. The van der Waals surface area contributed by atoms with Gasteiger partial charge in [-0.25, -0.2) is 9.18 Å². The molecule has 0 saturated heterocycles. The van der Waals surface area contributed by atoms with Gasteiger partial charge in [0.25, 0.3) is 0 Å². The van der Waals surface area contributed by atoms with Crippen molar-refractivity contribution in [3.63, 3.8) is 0 Å². The molecule has 0 aliphatic carbocycles. The third kappa shape index (κ3) is 4.28. The molecule has 2 N–H and O–H groups in total. The zero-order valence-corrected chi connectivity index (χ0v) is 12.7. The molecule has 110 valence electrons. The zero-order valence-electron chi connectivity index (χ0n) is 11.1. The number of ether oxygens (including phenoxy) is 1. The zero-order chi connectivity index (χ0) is 15.3. The molecular formula is C13H15BrFNO4. The number of carboxylic acid groups (broad SMARTS) is 1. The molecule has 0 aliphatic rings. The van der Waals surface area contributed by atoms with Crippen LogP contribution in [-0.2, 0) is 20.7 Å². The summed E-state index contributed by atoms with van der Waals surface area (Å²) in [5, 5.41) is 11.5. The smallest absolute Gasteiger partial charge is 0.331 e. The summed E-state index contributed by atoms with van der Waals surface area (Å²) in [6.45, 7) is 1.21. The number of amides is 1. The van der Waals surface area contributed by atoms with E-state index in [2.05, 4.69) is 21.2 Å². The molecule has 5 nitrogen and oxygen atoms in total. The minimum atomic E-state index is -1.50. The van der Waals surface area contributed by atoms with E-state index in [-0.39, 0.29) is 17.5 Å². The van der Waals surface area contributed by atoms with Crippen molar-refractivity contribution >= 4 is 27.8 Å². The van der Waals surface area contributed by atoms with Gasteiger partial charge in [0.2, 0.25) is 5.91 Å². The van der Waals surface area contributed by atoms with Gasteiger partial charge in [0, 0.05) is 7.11 Å². The summed E-state index contributed by atoms with van der Waals surface area (Å²) in [4.78, 5) is 23.0. The third-order valence-electron chi connectivity index (χ3n) is 2.67. The van der Waals surface area contributed by atoms with Crippen LogP contribution in [-0.4, -0.2) is 36.2 Å². The van der Waals surface area contributed by atoms with Crippen molar-refractivity contribution in [2.75, 3.05) is 13.7 Å². The Morgan fingerprint density at radius 2 is 2.15 bits per heavy atom. The fraction of sp³-hybridized carbons (Fsp3) is 0.385. The van der Waals surface area contributed by atoms with E-state index in [9.17, 15) is 14.0 Å². The lowest BCUT2D eigenvalue weighted by molar-refractivity contribution is -0.149. The molecule has 0 aromatic heterocycles. The topological polar surface area (TPSA) is 75.6 Å². The molecule has 1 aromatic rings. The molecule has 7 heteroatoms. The van der Waals surface area contributed by atoms with E-state index in [0.29, 0.717) is 5.56 Å². The summed E-state index contributed by atoms with van der Waals surface area (Å²) in [7, 11) is 1.35. The van der Waals surface area contributed by atoms with Gasteiger partial charge in [-0.15, -0.1) is 0 Å². The average Bonchev–Trinajstić information content (AvgIpc) is 2.33. The number of rotatable bonds is 6. The monoisotopic (exact) mass is 347 g/mol. The molecule has 0 spiro atoms. The van der Waals surface area contributed by atoms with E-state index in [1.54, 1.807) is 0 Å². The van der Waals surface area contributed by atoms with E-state index in [4.69, 9.17) is 9.84 Å². The highest BCUT2D eigenvalue weighted by molar-refractivity contribution is 9.10. The highest BCUT2D eigenvalue weighted by atomic mass is 79.9. The van der Waals surface area contributed by atoms with Crippen LogP contribution in [0.3, 0.4) is 0 Å². The van der Waals surface area contributed by atoms with Crippen LogP contribution in [0.25, 0.3) is 0 Å². The largest absolute Gasteiger partial charge is 0.479 e. The van der Waals surface area contributed by atoms with E-state index in [1.807, 2.05) is 0 Å². The molecule has 0 unspecified atom stereocenters. The number of halogens is 2. The quantitative estimate of drug-likeness (QED) is 0.821. The van der Waals surface area contributed by atoms with E-state index in [0.717, 1.165) is 0 Å². The predicted molar refractivity (Wildman–Crippen MR) is 73.9 cm³/mol. The van der Waals surface area contributed by atoms with Crippen LogP contribution in [0.4, 0.5) is 4.39 Å². The Hall–Kier alpha value is -1.47. The molecule has 1 rings (SSSR count). The van der Waals surface area contributed by atoms with Gasteiger partial charge in [-0.05, 0) is 40.5 Å². The number of carbonyl (C=O) groups is 2. The number of carboxylic acids is 1. The maximum atomic E-state index is 13.1. The third-order valence-corrected chi connectivity index (χ3v) is 3.28. The summed E-state index contributed by atoms with van der Waals surface area (Å²) >= 11 is 3.02. The second-order valence-electron chi connectivity index (χ2n) is 4.54. The van der Waals surface area contributed by atoms with Gasteiger partial charge in [-0.1, -0.05) is 6.07 Å². The molecule has 1 atom stereocenters. The second kappa shape index (κ2) is 6.81. The summed E-state index contributed by atoms with van der Waals surface area (Å²) < 4.78 is 18.1. The van der Waals surface area contributed by atoms with Crippen molar-refractivity contribution in [3.8, 4) is 0 Å². The molecule has 0 radical (unpaired) electrons. The summed E-state index contributed by atoms with van der Waals surface area (Å²) in [6, 6.07) is 4.18. The van der Waals surface area contributed by atoms with Crippen LogP contribution in [0.1, 0.15) is 12.5 Å².